The van der Waals surface area contributed by atoms with Gasteiger partial charge < -0.3 is 4.74 Å². The number of halogens is 1. The van der Waals surface area contributed by atoms with Gasteiger partial charge in [-0.1, -0.05) is 41.6 Å². The summed E-state index contributed by atoms with van der Waals surface area (Å²) in [5.41, 5.74) is 1.23. The zero-order valence-electron chi connectivity index (χ0n) is 15.8. The van der Waals surface area contributed by atoms with Crippen LogP contribution in [0.1, 0.15) is 19.0 Å². The molecule has 0 radical (unpaired) electrons. The Bertz CT molecular complexity index is 976. The van der Waals surface area contributed by atoms with Crippen molar-refractivity contribution >= 4 is 79.9 Å². The number of ether oxygens (including phenoxy) is 1. The molecule has 0 spiro atoms. The van der Waals surface area contributed by atoms with E-state index in [1.165, 1.54) is 34.9 Å². The molecule has 0 unspecified atom stereocenters. The van der Waals surface area contributed by atoms with E-state index in [0.29, 0.717) is 50.3 Å². The van der Waals surface area contributed by atoms with Crippen molar-refractivity contribution in [3.8, 4) is 0 Å². The van der Waals surface area contributed by atoms with Gasteiger partial charge in [-0.2, -0.15) is 0 Å². The highest BCUT2D eigenvalue weighted by molar-refractivity contribution is 8.26. The molecular weight excluding hydrogens is 450 g/mol. The number of hydrogen-bond donors (Lipinski definition) is 0. The molecule has 3 rings (SSSR count). The normalized spacial score (nSPS) is 15.4. The number of nitrogens with zero attached hydrogens (tertiary/aromatic N) is 3. The predicted molar refractivity (Wildman–Crippen MR) is 123 cm³/mol. The Morgan fingerprint density at radius 2 is 2.24 bits per heavy atom. The third-order valence-electron chi connectivity index (χ3n) is 3.97. The Balaban J connectivity index is 1.81. The Kier molecular flexibility index (Phi) is 7.42. The van der Waals surface area contributed by atoms with E-state index < -0.39 is 0 Å². The van der Waals surface area contributed by atoms with Gasteiger partial charge in [-0.25, -0.2) is 4.98 Å². The fraction of sp³-hybridized carbons (Fsp3) is 0.263. The van der Waals surface area contributed by atoms with E-state index in [-0.39, 0.29) is 11.8 Å². The van der Waals surface area contributed by atoms with Crippen molar-refractivity contribution in [2.75, 3.05) is 25.2 Å². The quantitative estimate of drug-likeness (QED) is 0.333. The molecule has 1 aromatic carbocycles. The van der Waals surface area contributed by atoms with Crippen LogP contribution in [-0.2, 0) is 14.3 Å². The molecule has 1 fully saturated rings. The number of benzene rings is 1. The van der Waals surface area contributed by atoms with E-state index in [2.05, 4.69) is 4.98 Å². The summed E-state index contributed by atoms with van der Waals surface area (Å²) in [6.07, 6.45) is 2.41. The zero-order chi connectivity index (χ0) is 21.0. The van der Waals surface area contributed by atoms with E-state index in [9.17, 15) is 9.59 Å². The van der Waals surface area contributed by atoms with Crippen molar-refractivity contribution in [1.29, 1.82) is 0 Å². The first-order valence-electron chi connectivity index (χ1n) is 8.67. The van der Waals surface area contributed by atoms with Crippen LogP contribution in [0, 0.1) is 0 Å². The van der Waals surface area contributed by atoms with Crippen LogP contribution in [0.25, 0.3) is 6.08 Å². The van der Waals surface area contributed by atoms with Gasteiger partial charge >= 0.3 is 0 Å². The number of carbonyl (C=O) groups excluding carboxylic acids is 2. The molecule has 0 N–H and O–H groups in total. The van der Waals surface area contributed by atoms with Gasteiger partial charge in [0.25, 0.3) is 5.91 Å². The lowest BCUT2D eigenvalue weighted by Gasteiger charge is -2.18. The van der Waals surface area contributed by atoms with Crippen LogP contribution in [0.4, 0.5) is 10.8 Å². The number of thiocarbonyl (C=S) groups is 1. The van der Waals surface area contributed by atoms with Gasteiger partial charge in [0, 0.05) is 37.6 Å². The Morgan fingerprint density at radius 3 is 2.93 bits per heavy atom. The molecule has 0 atom stereocenters. The molecule has 6 nitrogen and oxygen atoms in total. The fourth-order valence-electron chi connectivity index (χ4n) is 2.68. The number of methoxy groups -OCH3 is 1. The first kappa shape index (κ1) is 21.9. The third kappa shape index (κ3) is 5.23. The standard InChI is InChI=1S/C19H18ClN3O3S3/c1-12(24)23(15-6-3-5-13(20)9-15)18-21-14(11-28-18)10-16-17(25)22(19(27)29-16)7-4-8-26-2/h3,5-6,9-11H,4,7-8H2,1-2H3/b16-10-. The molecule has 1 aliphatic heterocycles. The van der Waals surface area contributed by atoms with E-state index in [1.54, 1.807) is 47.7 Å². The molecule has 0 bridgehead atoms. The topological polar surface area (TPSA) is 62.7 Å². The molecule has 0 aliphatic carbocycles. The first-order chi connectivity index (χ1) is 13.9. The Hall–Kier alpha value is -1.78. The summed E-state index contributed by atoms with van der Waals surface area (Å²) >= 11 is 13.9. The lowest BCUT2D eigenvalue weighted by atomic mass is 10.3. The summed E-state index contributed by atoms with van der Waals surface area (Å²) in [4.78, 5) is 32.9. The van der Waals surface area contributed by atoms with E-state index in [1.807, 2.05) is 0 Å². The second-order valence-electron chi connectivity index (χ2n) is 6.07. The molecule has 2 heterocycles. The molecule has 1 aliphatic rings. The number of carbonyl (C=O) groups is 2. The molecule has 1 aromatic heterocycles. The van der Waals surface area contributed by atoms with Gasteiger partial charge in [0.15, 0.2) is 5.13 Å². The van der Waals surface area contributed by atoms with Crippen LogP contribution >= 0.6 is 46.9 Å². The summed E-state index contributed by atoms with van der Waals surface area (Å²) in [7, 11) is 1.62. The molecular formula is C19H18ClN3O3S3. The molecule has 29 heavy (non-hydrogen) atoms. The number of hydrogen-bond acceptors (Lipinski definition) is 7. The van der Waals surface area contributed by atoms with Crippen LogP contribution in [0.3, 0.4) is 0 Å². The van der Waals surface area contributed by atoms with Crippen molar-refractivity contribution in [3.05, 3.63) is 45.3 Å². The van der Waals surface area contributed by atoms with Gasteiger partial charge in [-0.3, -0.25) is 19.4 Å². The van der Waals surface area contributed by atoms with Gasteiger partial charge in [-0.15, -0.1) is 11.3 Å². The van der Waals surface area contributed by atoms with Gasteiger partial charge in [0.2, 0.25) is 5.91 Å². The zero-order valence-corrected chi connectivity index (χ0v) is 19.0. The second-order valence-corrected chi connectivity index (χ2v) is 9.02. The summed E-state index contributed by atoms with van der Waals surface area (Å²) in [6, 6.07) is 7.01. The smallest absolute Gasteiger partial charge is 0.266 e. The number of anilines is 2. The lowest BCUT2D eigenvalue weighted by Crippen LogP contribution is -2.29. The lowest BCUT2D eigenvalue weighted by molar-refractivity contribution is -0.122. The largest absolute Gasteiger partial charge is 0.385 e. The predicted octanol–water partition coefficient (Wildman–Crippen LogP) is 4.72. The Labute approximate surface area is 187 Å². The fourth-order valence-corrected chi connectivity index (χ4v) is 5.00. The van der Waals surface area contributed by atoms with E-state index >= 15 is 0 Å². The summed E-state index contributed by atoms with van der Waals surface area (Å²) in [5.74, 6) is -0.318. The van der Waals surface area contributed by atoms with Crippen molar-refractivity contribution in [2.24, 2.45) is 0 Å². The molecule has 2 amide bonds. The van der Waals surface area contributed by atoms with Crippen LogP contribution in [0.15, 0.2) is 34.6 Å². The molecule has 10 heteroatoms. The maximum absolute atomic E-state index is 12.6. The molecule has 2 aromatic rings. The number of thioether (sulfide) groups is 1. The van der Waals surface area contributed by atoms with E-state index in [4.69, 9.17) is 28.6 Å². The number of thiazole rings is 1. The minimum atomic E-state index is -0.183. The van der Waals surface area contributed by atoms with E-state index in [0.717, 1.165) is 0 Å². The number of amides is 2. The SMILES string of the molecule is COCCCN1C(=O)/C(=C/c2csc(N(C(C)=O)c3cccc(Cl)c3)n2)SC1=S. The minimum absolute atomic E-state index is 0.135. The monoisotopic (exact) mass is 467 g/mol. The third-order valence-corrected chi connectivity index (χ3v) is 6.42. The van der Waals surface area contributed by atoms with Gasteiger partial charge in [0.1, 0.15) is 4.32 Å². The molecule has 0 saturated carbocycles. The van der Waals surface area contributed by atoms with Crippen molar-refractivity contribution in [1.82, 2.24) is 9.88 Å². The first-order valence-corrected chi connectivity index (χ1v) is 11.1. The molecule has 152 valence electrons. The highest BCUT2D eigenvalue weighted by Crippen LogP contribution is 2.35. The van der Waals surface area contributed by atoms with Crippen molar-refractivity contribution in [3.63, 3.8) is 0 Å². The molecule has 1 saturated heterocycles. The number of rotatable bonds is 7. The highest BCUT2D eigenvalue weighted by Gasteiger charge is 2.31. The summed E-state index contributed by atoms with van der Waals surface area (Å²) in [5, 5.41) is 2.83. The average molecular weight is 468 g/mol. The van der Waals surface area contributed by atoms with Gasteiger partial charge in [-0.05, 0) is 30.7 Å². The van der Waals surface area contributed by atoms with Crippen molar-refractivity contribution < 1.29 is 14.3 Å². The average Bonchev–Trinajstić information content (AvgIpc) is 3.21. The Morgan fingerprint density at radius 1 is 1.45 bits per heavy atom. The summed E-state index contributed by atoms with van der Waals surface area (Å²) in [6.45, 7) is 2.55. The number of aromatic nitrogens is 1. The highest BCUT2D eigenvalue weighted by atomic mass is 35.5. The van der Waals surface area contributed by atoms with Crippen LogP contribution in [0.2, 0.25) is 5.02 Å². The van der Waals surface area contributed by atoms with Gasteiger partial charge in [0.05, 0.1) is 16.3 Å². The minimum Gasteiger partial charge on any atom is -0.385 e. The summed E-state index contributed by atoms with van der Waals surface area (Å²) < 4.78 is 5.56. The second kappa shape index (κ2) is 9.82. The van der Waals surface area contributed by atoms with Crippen molar-refractivity contribution in [2.45, 2.75) is 13.3 Å². The van der Waals surface area contributed by atoms with Crippen LogP contribution in [0.5, 0.6) is 0 Å². The maximum Gasteiger partial charge on any atom is 0.266 e. The van der Waals surface area contributed by atoms with Crippen LogP contribution < -0.4 is 4.90 Å². The van der Waals surface area contributed by atoms with Crippen LogP contribution in [-0.4, -0.2) is 46.3 Å². The maximum atomic E-state index is 12.6.